The highest BCUT2D eigenvalue weighted by molar-refractivity contribution is 5.69. The number of carbonyl (C=O) groups excluding carboxylic acids is 1. The van der Waals surface area contributed by atoms with Gasteiger partial charge in [-0.1, -0.05) is 110 Å². The molecule has 0 saturated carbocycles. The molecular weight excluding hydrogens is 496 g/mol. The van der Waals surface area contributed by atoms with E-state index in [1.165, 1.54) is 83.5 Å². The zero-order chi connectivity index (χ0) is 28.3. The molecule has 0 amide bonds. The summed E-state index contributed by atoms with van der Waals surface area (Å²) in [5, 5.41) is 0. The maximum atomic E-state index is 11.4. The highest BCUT2D eigenvalue weighted by Gasteiger charge is 2.02. The van der Waals surface area contributed by atoms with Crippen LogP contribution in [0.15, 0.2) is 0 Å². The molecule has 39 heavy (non-hydrogen) atoms. The predicted octanol–water partition coefficient (Wildman–Crippen LogP) is 7.67. The third-order valence-electron chi connectivity index (χ3n) is 6.61. The molecule has 0 atom stereocenters. The SMILES string of the molecule is CCCCCCCCCCCCCCCCOCCOCCOCCOCCOCCOC(=O)CCCCC. The summed E-state index contributed by atoms with van der Waals surface area (Å²) in [5.41, 5.74) is 0. The van der Waals surface area contributed by atoms with Crippen LogP contribution in [0.3, 0.4) is 0 Å². The van der Waals surface area contributed by atoms with E-state index < -0.39 is 0 Å². The van der Waals surface area contributed by atoms with Crippen molar-refractivity contribution in [1.82, 2.24) is 0 Å². The molecule has 0 fully saturated rings. The van der Waals surface area contributed by atoms with E-state index in [2.05, 4.69) is 13.8 Å². The molecule has 0 unspecified atom stereocenters. The van der Waals surface area contributed by atoms with E-state index in [0.29, 0.717) is 72.5 Å². The molecule has 0 bridgehead atoms. The molecule has 0 radical (unpaired) electrons. The summed E-state index contributed by atoms with van der Waals surface area (Å²) in [6.07, 6.45) is 22.8. The minimum atomic E-state index is -0.142. The Bertz CT molecular complexity index is 462. The van der Waals surface area contributed by atoms with Crippen LogP contribution in [0.25, 0.3) is 0 Å². The first kappa shape index (κ1) is 38.3. The second-order valence-electron chi connectivity index (χ2n) is 10.3. The second-order valence-corrected chi connectivity index (χ2v) is 10.3. The minimum absolute atomic E-state index is 0.142. The van der Waals surface area contributed by atoms with Crippen molar-refractivity contribution < 1.29 is 33.2 Å². The van der Waals surface area contributed by atoms with Crippen LogP contribution in [0.5, 0.6) is 0 Å². The Morgan fingerprint density at radius 3 is 1.08 bits per heavy atom. The molecule has 0 aliphatic heterocycles. The third-order valence-corrected chi connectivity index (χ3v) is 6.61. The van der Waals surface area contributed by atoms with E-state index in [9.17, 15) is 4.79 Å². The molecule has 0 spiro atoms. The Kier molecular flexibility index (Phi) is 34.6. The van der Waals surface area contributed by atoms with Gasteiger partial charge in [0.05, 0.1) is 59.5 Å². The number of esters is 1. The second kappa shape index (κ2) is 35.3. The van der Waals surface area contributed by atoms with Crippen LogP contribution in [-0.2, 0) is 33.2 Å². The first-order valence-electron chi connectivity index (χ1n) is 16.4. The number of carbonyl (C=O) groups is 1. The average Bonchev–Trinajstić information content (AvgIpc) is 2.94. The van der Waals surface area contributed by atoms with Gasteiger partial charge >= 0.3 is 5.97 Å². The van der Waals surface area contributed by atoms with Crippen molar-refractivity contribution in [1.29, 1.82) is 0 Å². The maximum absolute atomic E-state index is 11.4. The van der Waals surface area contributed by atoms with Crippen LogP contribution in [0, 0.1) is 0 Å². The Labute approximate surface area is 241 Å². The Balaban J connectivity index is 3.06. The van der Waals surface area contributed by atoms with E-state index in [1.54, 1.807) is 0 Å². The van der Waals surface area contributed by atoms with Crippen LogP contribution >= 0.6 is 0 Å². The highest BCUT2D eigenvalue weighted by atomic mass is 16.6. The smallest absolute Gasteiger partial charge is 0.305 e. The van der Waals surface area contributed by atoms with Crippen molar-refractivity contribution in [3.63, 3.8) is 0 Å². The lowest BCUT2D eigenvalue weighted by molar-refractivity contribution is -0.145. The summed E-state index contributed by atoms with van der Waals surface area (Å²) in [7, 11) is 0. The normalized spacial score (nSPS) is 11.3. The van der Waals surface area contributed by atoms with E-state index in [1.807, 2.05) is 0 Å². The molecule has 7 nitrogen and oxygen atoms in total. The maximum Gasteiger partial charge on any atom is 0.305 e. The fourth-order valence-electron chi connectivity index (χ4n) is 4.19. The van der Waals surface area contributed by atoms with E-state index in [4.69, 9.17) is 28.4 Å². The van der Waals surface area contributed by atoms with Gasteiger partial charge in [-0.15, -0.1) is 0 Å². The highest BCUT2D eigenvalue weighted by Crippen LogP contribution is 2.13. The lowest BCUT2D eigenvalue weighted by Crippen LogP contribution is -2.15. The average molecular weight is 561 g/mol. The van der Waals surface area contributed by atoms with Crippen molar-refractivity contribution >= 4 is 5.97 Å². The van der Waals surface area contributed by atoms with Crippen molar-refractivity contribution in [2.24, 2.45) is 0 Å². The quantitative estimate of drug-likeness (QED) is 0.0590. The monoisotopic (exact) mass is 560 g/mol. The molecule has 0 aromatic carbocycles. The predicted molar refractivity (Wildman–Crippen MR) is 160 cm³/mol. The number of rotatable bonds is 34. The largest absolute Gasteiger partial charge is 0.463 e. The Morgan fingerprint density at radius 1 is 0.359 bits per heavy atom. The molecule has 0 heterocycles. The van der Waals surface area contributed by atoms with Crippen molar-refractivity contribution in [2.75, 3.05) is 72.7 Å². The first-order chi connectivity index (χ1) is 19.3. The van der Waals surface area contributed by atoms with Gasteiger partial charge in [-0.05, 0) is 12.8 Å². The molecule has 0 saturated heterocycles. The molecule has 0 N–H and O–H groups in total. The molecular formula is C32H64O7. The van der Waals surface area contributed by atoms with Crippen LogP contribution < -0.4 is 0 Å². The fraction of sp³-hybridized carbons (Fsp3) is 0.969. The first-order valence-corrected chi connectivity index (χ1v) is 16.4. The molecule has 0 aliphatic rings. The Hall–Kier alpha value is -0.730. The number of ether oxygens (including phenoxy) is 6. The minimum Gasteiger partial charge on any atom is -0.463 e. The third kappa shape index (κ3) is 35.2. The van der Waals surface area contributed by atoms with Gasteiger partial charge in [0.15, 0.2) is 0 Å². The summed E-state index contributed by atoms with van der Waals surface area (Å²) >= 11 is 0. The van der Waals surface area contributed by atoms with Gasteiger partial charge in [0.25, 0.3) is 0 Å². The van der Waals surface area contributed by atoms with Crippen LogP contribution in [0.4, 0.5) is 0 Å². The summed E-state index contributed by atoms with van der Waals surface area (Å²) in [4.78, 5) is 11.4. The summed E-state index contributed by atoms with van der Waals surface area (Å²) in [5.74, 6) is -0.142. The van der Waals surface area contributed by atoms with Crippen molar-refractivity contribution in [2.45, 2.75) is 129 Å². The lowest BCUT2D eigenvalue weighted by atomic mass is 10.0. The Morgan fingerprint density at radius 2 is 0.667 bits per heavy atom. The zero-order valence-corrected chi connectivity index (χ0v) is 25.9. The molecule has 234 valence electrons. The lowest BCUT2D eigenvalue weighted by Gasteiger charge is -2.08. The van der Waals surface area contributed by atoms with E-state index >= 15 is 0 Å². The molecule has 0 aliphatic carbocycles. The van der Waals surface area contributed by atoms with Gasteiger partial charge in [-0.2, -0.15) is 0 Å². The summed E-state index contributed by atoms with van der Waals surface area (Å²) in [6, 6.07) is 0. The van der Waals surface area contributed by atoms with E-state index in [-0.39, 0.29) is 5.97 Å². The molecule has 0 aromatic heterocycles. The van der Waals surface area contributed by atoms with Crippen LogP contribution in [0.2, 0.25) is 0 Å². The molecule has 0 aromatic rings. The van der Waals surface area contributed by atoms with E-state index in [0.717, 1.165) is 32.3 Å². The number of hydrogen-bond acceptors (Lipinski definition) is 7. The standard InChI is InChI=1S/C32H64O7/c1-3-5-7-8-9-10-11-12-13-14-15-16-17-19-21-34-22-23-35-24-25-36-26-27-37-28-29-38-30-31-39-32(33)20-18-6-4-2/h3-31H2,1-2H3. The van der Waals surface area contributed by atoms with Crippen LogP contribution in [0.1, 0.15) is 129 Å². The van der Waals surface area contributed by atoms with Gasteiger partial charge < -0.3 is 28.4 Å². The zero-order valence-electron chi connectivity index (χ0n) is 25.9. The van der Waals surface area contributed by atoms with Gasteiger partial charge in [0.1, 0.15) is 6.61 Å². The van der Waals surface area contributed by atoms with Crippen molar-refractivity contribution in [3.05, 3.63) is 0 Å². The molecule has 0 rings (SSSR count). The summed E-state index contributed by atoms with van der Waals surface area (Å²) in [6.45, 7) is 10.4. The van der Waals surface area contributed by atoms with Gasteiger partial charge in [-0.25, -0.2) is 0 Å². The van der Waals surface area contributed by atoms with Gasteiger partial charge in [0.2, 0.25) is 0 Å². The van der Waals surface area contributed by atoms with Crippen LogP contribution in [-0.4, -0.2) is 78.6 Å². The van der Waals surface area contributed by atoms with Crippen molar-refractivity contribution in [3.8, 4) is 0 Å². The topological polar surface area (TPSA) is 72.5 Å². The number of hydrogen-bond donors (Lipinski definition) is 0. The fourth-order valence-corrected chi connectivity index (χ4v) is 4.19. The van der Waals surface area contributed by atoms with Gasteiger partial charge in [-0.3, -0.25) is 4.79 Å². The number of unbranched alkanes of at least 4 members (excludes halogenated alkanes) is 15. The molecule has 7 heteroatoms. The summed E-state index contributed by atoms with van der Waals surface area (Å²) < 4.78 is 32.6. The van der Waals surface area contributed by atoms with Gasteiger partial charge in [0, 0.05) is 13.0 Å².